The number of aromatic nitrogens is 2. The van der Waals surface area contributed by atoms with Gasteiger partial charge in [0.25, 0.3) is 5.56 Å². The summed E-state index contributed by atoms with van der Waals surface area (Å²) < 4.78 is 5.62. The minimum atomic E-state index is -0.354. The molecule has 96 valence electrons. The highest BCUT2D eigenvalue weighted by atomic mass is 16.3. The fourth-order valence-electron chi connectivity index (χ4n) is 2.10. The number of hydrogen-bond donors (Lipinski definition) is 2. The lowest BCUT2D eigenvalue weighted by atomic mass is 10.1. The van der Waals surface area contributed by atoms with Crippen LogP contribution in [0.15, 0.2) is 33.5 Å². The molecule has 0 aliphatic heterocycles. The molecule has 0 aliphatic rings. The van der Waals surface area contributed by atoms with Crippen LogP contribution in [0.4, 0.5) is 0 Å². The van der Waals surface area contributed by atoms with Crippen molar-refractivity contribution in [2.45, 2.75) is 13.8 Å². The van der Waals surface area contributed by atoms with E-state index in [0.29, 0.717) is 17.1 Å². The molecule has 3 rings (SSSR count). The fraction of sp³-hybridized carbons (Fsp3) is 0.143. The highest BCUT2D eigenvalue weighted by Gasteiger charge is 2.16. The van der Waals surface area contributed by atoms with Crippen LogP contribution < -0.4 is 5.56 Å². The molecule has 0 radical (unpaired) electrons. The first-order chi connectivity index (χ1) is 9.08. The highest BCUT2D eigenvalue weighted by molar-refractivity contribution is 5.93. The molecule has 2 heterocycles. The van der Waals surface area contributed by atoms with Gasteiger partial charge in [-0.05, 0) is 19.9 Å². The lowest BCUT2D eigenvalue weighted by Gasteiger charge is -2.02. The third kappa shape index (κ3) is 1.71. The number of nitrogens with one attached hydrogen (secondary N) is 1. The van der Waals surface area contributed by atoms with Crippen LogP contribution in [0.1, 0.15) is 11.3 Å². The Balaban J connectivity index is 2.36. The second-order valence-corrected chi connectivity index (χ2v) is 4.39. The van der Waals surface area contributed by atoms with Gasteiger partial charge in [0.1, 0.15) is 17.2 Å². The molecule has 5 heteroatoms. The number of benzene rings is 1. The number of furan rings is 1. The molecule has 2 aromatic heterocycles. The van der Waals surface area contributed by atoms with E-state index >= 15 is 0 Å². The summed E-state index contributed by atoms with van der Waals surface area (Å²) in [4.78, 5) is 18.4. The molecule has 5 nitrogen and oxygen atoms in total. The van der Waals surface area contributed by atoms with Crippen molar-refractivity contribution in [3.05, 3.63) is 45.9 Å². The van der Waals surface area contributed by atoms with E-state index in [0.717, 1.165) is 11.0 Å². The molecule has 3 aromatic rings. The third-order valence-electron chi connectivity index (χ3n) is 3.13. The van der Waals surface area contributed by atoms with Crippen LogP contribution >= 0.6 is 0 Å². The van der Waals surface area contributed by atoms with Crippen LogP contribution in [0.2, 0.25) is 0 Å². The standard InChI is InChI=1S/C14H12N2O3/c1-7-13(17)15-12(16-14(7)18)11-8(2)19-10-6-4-3-5-9(10)11/h3-6H,1-2H3,(H2,15,16,17,18). The number of aromatic hydroxyl groups is 1. The monoisotopic (exact) mass is 256 g/mol. The Morgan fingerprint density at radius 1 is 1.26 bits per heavy atom. The second kappa shape index (κ2) is 3.98. The van der Waals surface area contributed by atoms with E-state index < -0.39 is 0 Å². The number of H-pyrrole nitrogens is 1. The number of para-hydroxylation sites is 1. The summed E-state index contributed by atoms with van der Waals surface area (Å²) in [5.41, 5.74) is 1.27. The molecule has 0 atom stereocenters. The Morgan fingerprint density at radius 3 is 2.74 bits per heavy atom. The zero-order valence-electron chi connectivity index (χ0n) is 10.5. The smallest absolute Gasteiger partial charge is 0.257 e. The molecule has 0 unspecified atom stereocenters. The van der Waals surface area contributed by atoms with Gasteiger partial charge in [-0.25, -0.2) is 0 Å². The van der Waals surface area contributed by atoms with Gasteiger partial charge in [0, 0.05) is 5.39 Å². The topological polar surface area (TPSA) is 79.1 Å². The number of aromatic amines is 1. The van der Waals surface area contributed by atoms with Crippen LogP contribution in [-0.4, -0.2) is 15.1 Å². The van der Waals surface area contributed by atoms with Crippen LogP contribution in [0.3, 0.4) is 0 Å². The predicted molar refractivity (Wildman–Crippen MR) is 71.2 cm³/mol. The van der Waals surface area contributed by atoms with Gasteiger partial charge in [-0.1, -0.05) is 18.2 Å². The van der Waals surface area contributed by atoms with Crippen molar-refractivity contribution in [1.29, 1.82) is 0 Å². The van der Waals surface area contributed by atoms with Gasteiger partial charge < -0.3 is 14.5 Å². The zero-order chi connectivity index (χ0) is 13.6. The van der Waals surface area contributed by atoms with E-state index in [9.17, 15) is 9.90 Å². The molecule has 0 amide bonds. The van der Waals surface area contributed by atoms with Crippen molar-refractivity contribution < 1.29 is 9.52 Å². The lowest BCUT2D eigenvalue weighted by Crippen LogP contribution is -2.12. The first kappa shape index (κ1) is 11.5. The first-order valence-corrected chi connectivity index (χ1v) is 5.86. The Bertz CT molecular complexity index is 830. The molecule has 0 aliphatic carbocycles. The maximum atomic E-state index is 11.7. The summed E-state index contributed by atoms with van der Waals surface area (Å²) in [7, 11) is 0. The molecule has 0 bridgehead atoms. The Kier molecular flexibility index (Phi) is 2.41. The van der Waals surface area contributed by atoms with Gasteiger partial charge in [0.15, 0.2) is 0 Å². The lowest BCUT2D eigenvalue weighted by molar-refractivity contribution is 0.447. The summed E-state index contributed by atoms with van der Waals surface area (Å²) in [5.74, 6) is 0.701. The number of hydrogen-bond acceptors (Lipinski definition) is 4. The second-order valence-electron chi connectivity index (χ2n) is 4.39. The van der Waals surface area contributed by atoms with Crippen LogP contribution in [0.5, 0.6) is 5.88 Å². The van der Waals surface area contributed by atoms with E-state index in [4.69, 9.17) is 4.42 Å². The number of fused-ring (bicyclic) bond motifs is 1. The average Bonchev–Trinajstić information content (AvgIpc) is 2.71. The summed E-state index contributed by atoms with van der Waals surface area (Å²) in [6, 6.07) is 7.49. The van der Waals surface area contributed by atoms with Crippen molar-refractivity contribution in [3.63, 3.8) is 0 Å². The molecule has 19 heavy (non-hydrogen) atoms. The summed E-state index contributed by atoms with van der Waals surface area (Å²) in [6.45, 7) is 3.32. The third-order valence-corrected chi connectivity index (χ3v) is 3.13. The quantitative estimate of drug-likeness (QED) is 0.701. The summed E-state index contributed by atoms with van der Waals surface area (Å²) in [6.07, 6.45) is 0. The van der Waals surface area contributed by atoms with Crippen molar-refractivity contribution in [1.82, 2.24) is 9.97 Å². The normalized spacial score (nSPS) is 11.1. The molecular weight excluding hydrogens is 244 g/mol. The largest absolute Gasteiger partial charge is 0.493 e. The summed E-state index contributed by atoms with van der Waals surface area (Å²) >= 11 is 0. The Labute approximate surface area is 108 Å². The van der Waals surface area contributed by atoms with Crippen molar-refractivity contribution in [2.75, 3.05) is 0 Å². The first-order valence-electron chi connectivity index (χ1n) is 5.86. The maximum Gasteiger partial charge on any atom is 0.257 e. The maximum absolute atomic E-state index is 11.7. The molecule has 0 saturated heterocycles. The molecule has 0 saturated carbocycles. The number of aryl methyl sites for hydroxylation is 1. The minimum absolute atomic E-state index is 0.203. The van der Waals surface area contributed by atoms with Gasteiger partial charge >= 0.3 is 0 Å². The van der Waals surface area contributed by atoms with Crippen molar-refractivity contribution in [3.8, 4) is 17.3 Å². The van der Waals surface area contributed by atoms with Crippen LogP contribution in [-0.2, 0) is 0 Å². The summed E-state index contributed by atoms with van der Waals surface area (Å²) in [5, 5.41) is 10.5. The molecule has 2 N–H and O–H groups in total. The van der Waals surface area contributed by atoms with E-state index in [2.05, 4.69) is 9.97 Å². The molecule has 0 fully saturated rings. The van der Waals surface area contributed by atoms with Gasteiger partial charge in [0.05, 0.1) is 11.1 Å². The Morgan fingerprint density at radius 2 is 2.00 bits per heavy atom. The van der Waals surface area contributed by atoms with E-state index in [1.807, 2.05) is 24.3 Å². The van der Waals surface area contributed by atoms with Crippen molar-refractivity contribution >= 4 is 11.0 Å². The van der Waals surface area contributed by atoms with Gasteiger partial charge in [-0.3, -0.25) is 4.79 Å². The molecule has 1 aromatic carbocycles. The van der Waals surface area contributed by atoms with Gasteiger partial charge in [0.2, 0.25) is 5.88 Å². The zero-order valence-corrected chi connectivity index (χ0v) is 10.5. The van der Waals surface area contributed by atoms with E-state index in [1.165, 1.54) is 6.92 Å². The SMILES string of the molecule is Cc1oc2ccccc2c1-c1nc(O)c(C)c(=O)[nH]1. The van der Waals surface area contributed by atoms with Crippen molar-refractivity contribution in [2.24, 2.45) is 0 Å². The Hall–Kier alpha value is -2.56. The van der Waals surface area contributed by atoms with Crippen LogP contribution in [0, 0.1) is 13.8 Å². The van der Waals surface area contributed by atoms with Gasteiger partial charge in [-0.2, -0.15) is 4.98 Å². The van der Waals surface area contributed by atoms with E-state index in [1.54, 1.807) is 6.92 Å². The average molecular weight is 256 g/mol. The minimum Gasteiger partial charge on any atom is -0.493 e. The number of nitrogens with zero attached hydrogens (tertiary/aromatic N) is 1. The fourth-order valence-corrected chi connectivity index (χ4v) is 2.10. The molecular formula is C14H12N2O3. The van der Waals surface area contributed by atoms with Crippen LogP contribution in [0.25, 0.3) is 22.4 Å². The number of rotatable bonds is 1. The van der Waals surface area contributed by atoms with E-state index in [-0.39, 0.29) is 17.0 Å². The van der Waals surface area contributed by atoms with Gasteiger partial charge in [-0.15, -0.1) is 0 Å². The predicted octanol–water partition coefficient (Wildman–Crippen LogP) is 2.51. The highest BCUT2D eigenvalue weighted by Crippen LogP contribution is 2.32. The molecule has 0 spiro atoms.